The molecule has 0 aromatic rings. The molecule has 0 saturated carbocycles. The summed E-state index contributed by atoms with van der Waals surface area (Å²) in [6.07, 6.45) is 0.0737. The van der Waals surface area contributed by atoms with E-state index >= 15 is 0 Å². The lowest BCUT2D eigenvalue weighted by atomic mass is 10.2. The first-order valence-electron chi connectivity index (χ1n) is 2.57. The van der Waals surface area contributed by atoms with Crippen LogP contribution in [0.3, 0.4) is 0 Å². The molecule has 10 heavy (non-hydrogen) atoms. The largest absolute Gasteiger partial charge is 0.509 e. The molecule has 2 unspecified atom stereocenters. The summed E-state index contributed by atoms with van der Waals surface area (Å²) in [6, 6.07) is 0. The number of nitrogens with zero attached hydrogens (tertiary/aromatic N) is 1. The summed E-state index contributed by atoms with van der Waals surface area (Å²) in [5.74, 6) is -0.231. The first-order valence-corrected chi connectivity index (χ1v) is 3.38. The minimum Gasteiger partial charge on any atom is -0.509 e. The first-order chi connectivity index (χ1) is 4.63. The molecule has 1 aliphatic heterocycles. The highest BCUT2D eigenvalue weighted by atomic mass is 35.5. The summed E-state index contributed by atoms with van der Waals surface area (Å²) < 4.78 is 0. The summed E-state index contributed by atoms with van der Waals surface area (Å²) >= 11 is 10.9. The molecular weight excluding hydrogens is 177 g/mol. The van der Waals surface area contributed by atoms with Crippen molar-refractivity contribution in [3.05, 3.63) is 10.8 Å². The Morgan fingerprint density at radius 1 is 1.60 bits per heavy atom. The molecule has 1 heterocycles. The van der Waals surface area contributed by atoms with Crippen molar-refractivity contribution in [3.63, 3.8) is 0 Å². The van der Waals surface area contributed by atoms with Crippen molar-refractivity contribution in [2.75, 3.05) is 0 Å². The van der Waals surface area contributed by atoms with Gasteiger partial charge < -0.3 is 10.2 Å². The van der Waals surface area contributed by atoms with E-state index in [0.29, 0.717) is 0 Å². The maximum Gasteiger partial charge on any atom is 0.168 e. The van der Waals surface area contributed by atoms with Crippen molar-refractivity contribution >= 4 is 29.4 Å². The van der Waals surface area contributed by atoms with E-state index in [4.69, 9.17) is 33.4 Å². The van der Waals surface area contributed by atoms with Crippen LogP contribution in [0.4, 0.5) is 0 Å². The fourth-order valence-corrected chi connectivity index (χ4v) is 0.969. The Hall–Kier alpha value is -0.250. The summed E-state index contributed by atoms with van der Waals surface area (Å²) in [6.45, 7) is 0. The van der Waals surface area contributed by atoms with Crippen LogP contribution in [0, 0.1) is 0 Å². The molecule has 1 rings (SSSR count). The number of dihydropyridines is 1. The molecule has 2 atom stereocenters. The Labute approximate surface area is 67.6 Å². The zero-order valence-electron chi connectivity index (χ0n) is 4.83. The van der Waals surface area contributed by atoms with Gasteiger partial charge in [0.2, 0.25) is 0 Å². The fraction of sp³-hybridized carbons (Fsp3) is 0.400. The topological polar surface area (TPSA) is 52.8 Å². The second kappa shape index (κ2) is 2.78. The number of rotatable bonds is 0. The Balaban J connectivity index is 2.88. The van der Waals surface area contributed by atoms with Crippen LogP contribution < -0.4 is 0 Å². The second-order valence-electron chi connectivity index (χ2n) is 1.83. The van der Waals surface area contributed by atoms with E-state index in [-0.39, 0.29) is 10.8 Å². The van der Waals surface area contributed by atoms with Crippen LogP contribution in [0.2, 0.25) is 0 Å². The number of allylic oxidation sites excluding steroid dienone is 1. The summed E-state index contributed by atoms with van der Waals surface area (Å²) in [5.41, 5.74) is 0. The van der Waals surface area contributed by atoms with Gasteiger partial charge in [0.15, 0.2) is 6.23 Å². The van der Waals surface area contributed by atoms with Gasteiger partial charge in [-0.15, -0.1) is 11.6 Å². The zero-order valence-corrected chi connectivity index (χ0v) is 6.34. The molecule has 5 heteroatoms. The number of hydrogen-bond acceptors (Lipinski definition) is 3. The second-order valence-corrected chi connectivity index (χ2v) is 2.70. The van der Waals surface area contributed by atoms with Crippen LogP contribution >= 0.6 is 23.2 Å². The molecule has 0 aromatic heterocycles. The predicted octanol–water partition coefficient (Wildman–Crippen LogP) is 1.00. The fourth-order valence-electron chi connectivity index (χ4n) is 0.556. The third-order valence-corrected chi connectivity index (χ3v) is 1.83. The molecule has 0 aliphatic carbocycles. The predicted molar refractivity (Wildman–Crippen MR) is 39.6 cm³/mol. The highest BCUT2D eigenvalue weighted by molar-refractivity contribution is 6.40. The Bertz CT molecular complexity index is 202. The van der Waals surface area contributed by atoms with Gasteiger partial charge in [-0.05, 0) is 0 Å². The first kappa shape index (κ1) is 7.85. The normalized spacial score (nSPS) is 33.1. The van der Waals surface area contributed by atoms with Crippen LogP contribution in [0.1, 0.15) is 0 Å². The number of halogens is 2. The number of aliphatic hydroxyl groups excluding tert-OH is 2. The van der Waals surface area contributed by atoms with E-state index in [1.165, 1.54) is 6.21 Å². The van der Waals surface area contributed by atoms with Gasteiger partial charge in [-0.3, -0.25) is 4.99 Å². The van der Waals surface area contributed by atoms with E-state index in [0.717, 1.165) is 0 Å². The van der Waals surface area contributed by atoms with Crippen molar-refractivity contribution in [2.45, 2.75) is 11.6 Å². The molecule has 0 bridgehead atoms. The van der Waals surface area contributed by atoms with Crippen LogP contribution in [-0.4, -0.2) is 28.0 Å². The van der Waals surface area contributed by atoms with E-state index in [2.05, 4.69) is 4.99 Å². The van der Waals surface area contributed by atoms with Crippen LogP contribution in [-0.2, 0) is 0 Å². The number of aliphatic imine (C=N–C) groups is 1. The molecule has 0 spiro atoms. The lowest BCUT2D eigenvalue weighted by molar-refractivity contribution is 0.169. The Morgan fingerprint density at radius 3 is 2.70 bits per heavy atom. The van der Waals surface area contributed by atoms with Crippen molar-refractivity contribution in [3.8, 4) is 0 Å². The average molecular weight is 182 g/mol. The van der Waals surface area contributed by atoms with Gasteiger partial charge in [0.1, 0.15) is 11.1 Å². The van der Waals surface area contributed by atoms with E-state index in [1.807, 2.05) is 0 Å². The van der Waals surface area contributed by atoms with Crippen LogP contribution in [0.5, 0.6) is 0 Å². The van der Waals surface area contributed by atoms with Crippen molar-refractivity contribution in [1.29, 1.82) is 0 Å². The molecule has 56 valence electrons. The molecule has 2 N–H and O–H groups in total. The SMILES string of the molecule is OC1=C(Cl)C=NC(O)C1Cl. The van der Waals surface area contributed by atoms with Crippen LogP contribution in [0.25, 0.3) is 0 Å². The maximum absolute atomic E-state index is 8.98. The highest BCUT2D eigenvalue weighted by Gasteiger charge is 2.24. The maximum atomic E-state index is 8.98. The van der Waals surface area contributed by atoms with E-state index in [1.54, 1.807) is 0 Å². The van der Waals surface area contributed by atoms with Gasteiger partial charge >= 0.3 is 0 Å². The standard InChI is InChI=1S/C5H5Cl2NO2/c6-2-1-8-5(10)3(7)4(2)9/h1,3,5,9-10H. The molecular formula is C5H5Cl2NO2. The number of hydrogen-bond donors (Lipinski definition) is 2. The molecule has 1 aliphatic rings. The molecule has 0 fully saturated rings. The number of aliphatic hydroxyl groups is 2. The van der Waals surface area contributed by atoms with Crippen LogP contribution in [0.15, 0.2) is 15.8 Å². The summed E-state index contributed by atoms with van der Waals surface area (Å²) in [5, 5.41) is 17.0. The van der Waals surface area contributed by atoms with Gasteiger partial charge in [0.05, 0.1) is 5.03 Å². The molecule has 0 aromatic carbocycles. The Morgan fingerprint density at radius 2 is 2.20 bits per heavy atom. The minimum absolute atomic E-state index is 0.0744. The van der Waals surface area contributed by atoms with Gasteiger partial charge in [-0.2, -0.15) is 0 Å². The highest BCUT2D eigenvalue weighted by Crippen LogP contribution is 2.21. The van der Waals surface area contributed by atoms with Gasteiger partial charge in [0, 0.05) is 6.21 Å². The average Bonchev–Trinajstić information content (AvgIpc) is 1.93. The number of alkyl halides is 1. The lowest BCUT2D eigenvalue weighted by Gasteiger charge is -2.16. The van der Waals surface area contributed by atoms with Crippen molar-refractivity contribution in [1.82, 2.24) is 0 Å². The lowest BCUT2D eigenvalue weighted by Crippen LogP contribution is -2.24. The molecule has 0 amide bonds. The molecule has 0 saturated heterocycles. The van der Waals surface area contributed by atoms with Crippen molar-refractivity contribution in [2.24, 2.45) is 4.99 Å². The molecule has 3 nitrogen and oxygen atoms in total. The van der Waals surface area contributed by atoms with E-state index < -0.39 is 11.6 Å². The smallest absolute Gasteiger partial charge is 0.168 e. The summed E-state index contributed by atoms with van der Waals surface area (Å²) in [4.78, 5) is 3.49. The van der Waals surface area contributed by atoms with Crippen molar-refractivity contribution < 1.29 is 10.2 Å². The quantitative estimate of drug-likeness (QED) is 0.549. The van der Waals surface area contributed by atoms with Gasteiger partial charge in [-0.1, -0.05) is 11.6 Å². The third kappa shape index (κ3) is 1.26. The Kier molecular flexibility index (Phi) is 2.18. The zero-order chi connectivity index (χ0) is 7.72. The minimum atomic E-state index is -1.09. The third-order valence-electron chi connectivity index (χ3n) is 1.11. The van der Waals surface area contributed by atoms with Gasteiger partial charge in [0.25, 0.3) is 0 Å². The van der Waals surface area contributed by atoms with Gasteiger partial charge in [-0.25, -0.2) is 0 Å². The molecule has 0 radical (unpaired) electrons. The van der Waals surface area contributed by atoms with E-state index in [9.17, 15) is 0 Å². The summed E-state index contributed by atoms with van der Waals surface area (Å²) in [7, 11) is 0. The monoisotopic (exact) mass is 181 g/mol.